The molecule has 0 saturated heterocycles. The Morgan fingerprint density at radius 2 is 2.11 bits per heavy atom. The number of nitrogens with one attached hydrogen (secondary N) is 1. The van der Waals surface area contributed by atoms with Crippen LogP contribution in [0.25, 0.3) is 0 Å². The normalized spacial score (nSPS) is 16.9. The fraction of sp³-hybridized carbons (Fsp3) is 0.462. The van der Waals surface area contributed by atoms with Crippen LogP contribution in [-0.2, 0) is 9.05 Å². The van der Waals surface area contributed by atoms with Gasteiger partial charge in [0.05, 0.1) is 4.90 Å². The predicted molar refractivity (Wildman–Crippen MR) is 73.8 cm³/mol. The molecule has 0 aliphatic heterocycles. The van der Waals surface area contributed by atoms with E-state index in [1.54, 1.807) is 6.07 Å². The van der Waals surface area contributed by atoms with Crippen molar-refractivity contribution in [1.29, 1.82) is 0 Å². The minimum Gasteiger partial charge on any atom is -0.351 e. The molecule has 0 bridgehead atoms. The third kappa shape index (κ3) is 3.48. The van der Waals surface area contributed by atoms with E-state index < -0.39 is 9.05 Å². The molecule has 104 valence electrons. The summed E-state index contributed by atoms with van der Waals surface area (Å²) in [5.41, 5.74) is 0.569. The number of hydrogen-bond donors (Lipinski definition) is 1. The molecule has 1 fully saturated rings. The van der Waals surface area contributed by atoms with E-state index in [-0.39, 0.29) is 16.2 Å². The lowest BCUT2D eigenvalue weighted by Crippen LogP contribution is -2.30. The van der Waals surface area contributed by atoms with E-state index in [1.165, 1.54) is 18.2 Å². The summed E-state index contributed by atoms with van der Waals surface area (Å²) in [5, 5.41) is 2.85. The molecule has 1 amide bonds. The predicted octanol–water partition coefficient (Wildman–Crippen LogP) is 2.53. The quantitative estimate of drug-likeness (QED) is 0.850. The molecule has 1 aromatic rings. The van der Waals surface area contributed by atoms with E-state index in [9.17, 15) is 13.2 Å². The maximum atomic E-state index is 12.0. The molecule has 0 atom stereocenters. The molecule has 1 saturated carbocycles. The molecule has 0 heterocycles. The first kappa shape index (κ1) is 14.3. The van der Waals surface area contributed by atoms with Crippen LogP contribution in [0, 0.1) is 5.41 Å². The number of carbonyl (C=O) groups is 1. The maximum Gasteiger partial charge on any atom is 0.261 e. The zero-order chi connectivity index (χ0) is 14.1. The van der Waals surface area contributed by atoms with Gasteiger partial charge in [-0.25, -0.2) is 8.42 Å². The SMILES string of the molecule is CCC1(CNC(=O)c2cccc(S(=O)(=O)Cl)c2)CC1. The Bertz CT molecular complexity index is 594. The number of halogens is 1. The van der Waals surface area contributed by atoms with Crippen LogP contribution < -0.4 is 5.32 Å². The van der Waals surface area contributed by atoms with Gasteiger partial charge in [-0.3, -0.25) is 4.79 Å². The lowest BCUT2D eigenvalue weighted by molar-refractivity contribution is 0.0944. The van der Waals surface area contributed by atoms with Gasteiger partial charge >= 0.3 is 0 Å². The summed E-state index contributed by atoms with van der Waals surface area (Å²) in [5.74, 6) is -0.262. The highest BCUT2D eigenvalue weighted by Crippen LogP contribution is 2.47. The minimum atomic E-state index is -3.80. The van der Waals surface area contributed by atoms with Crippen LogP contribution in [0.4, 0.5) is 0 Å². The zero-order valence-corrected chi connectivity index (χ0v) is 12.2. The van der Waals surface area contributed by atoms with E-state index in [0.29, 0.717) is 12.1 Å². The fourth-order valence-electron chi connectivity index (χ4n) is 1.99. The molecule has 0 spiro atoms. The third-order valence-electron chi connectivity index (χ3n) is 3.71. The van der Waals surface area contributed by atoms with E-state index in [4.69, 9.17) is 10.7 Å². The Kier molecular flexibility index (Phi) is 3.87. The highest BCUT2D eigenvalue weighted by molar-refractivity contribution is 8.13. The smallest absolute Gasteiger partial charge is 0.261 e. The lowest BCUT2D eigenvalue weighted by atomic mass is 10.0. The van der Waals surface area contributed by atoms with Crippen LogP contribution in [0.5, 0.6) is 0 Å². The van der Waals surface area contributed by atoms with E-state index in [2.05, 4.69) is 12.2 Å². The Labute approximate surface area is 117 Å². The van der Waals surface area contributed by atoms with Crippen LogP contribution in [0.3, 0.4) is 0 Å². The number of rotatable bonds is 5. The number of amides is 1. The second-order valence-electron chi connectivity index (χ2n) is 5.00. The average molecular weight is 302 g/mol. The summed E-state index contributed by atoms with van der Waals surface area (Å²) in [7, 11) is 1.46. The van der Waals surface area contributed by atoms with E-state index in [0.717, 1.165) is 19.3 Å². The van der Waals surface area contributed by atoms with Gasteiger partial charge in [-0.15, -0.1) is 0 Å². The van der Waals surface area contributed by atoms with Crippen molar-refractivity contribution in [2.24, 2.45) is 5.41 Å². The highest BCUT2D eigenvalue weighted by Gasteiger charge is 2.40. The van der Waals surface area contributed by atoms with Gasteiger partial charge in [-0.1, -0.05) is 13.0 Å². The van der Waals surface area contributed by atoms with Crippen molar-refractivity contribution in [3.05, 3.63) is 29.8 Å². The van der Waals surface area contributed by atoms with E-state index in [1.807, 2.05) is 0 Å². The lowest BCUT2D eigenvalue weighted by Gasteiger charge is -2.13. The Balaban J connectivity index is 2.07. The second-order valence-corrected chi connectivity index (χ2v) is 7.57. The van der Waals surface area contributed by atoms with Gasteiger partial charge in [0.2, 0.25) is 0 Å². The monoisotopic (exact) mass is 301 g/mol. The first-order chi connectivity index (χ1) is 8.86. The Hall–Kier alpha value is -1.07. The molecule has 0 aromatic heterocycles. The van der Waals surface area contributed by atoms with Crippen LogP contribution in [0.2, 0.25) is 0 Å². The molecular formula is C13H16ClNO3S. The van der Waals surface area contributed by atoms with Crippen molar-refractivity contribution >= 4 is 25.6 Å². The highest BCUT2D eigenvalue weighted by atomic mass is 35.7. The van der Waals surface area contributed by atoms with Crippen molar-refractivity contribution in [2.45, 2.75) is 31.1 Å². The molecule has 0 unspecified atom stereocenters. The van der Waals surface area contributed by atoms with Crippen molar-refractivity contribution in [1.82, 2.24) is 5.32 Å². The first-order valence-electron chi connectivity index (χ1n) is 6.19. The second kappa shape index (κ2) is 5.13. The van der Waals surface area contributed by atoms with Gasteiger partial charge in [-0.05, 0) is 42.9 Å². The van der Waals surface area contributed by atoms with Crippen molar-refractivity contribution in [3.8, 4) is 0 Å². The molecule has 1 N–H and O–H groups in total. The first-order valence-corrected chi connectivity index (χ1v) is 8.50. The van der Waals surface area contributed by atoms with Gasteiger partial charge in [0, 0.05) is 22.8 Å². The van der Waals surface area contributed by atoms with Gasteiger partial charge in [0.1, 0.15) is 0 Å². The topological polar surface area (TPSA) is 63.2 Å². The molecule has 1 aliphatic rings. The molecule has 0 radical (unpaired) electrons. The largest absolute Gasteiger partial charge is 0.351 e. The fourth-order valence-corrected chi connectivity index (χ4v) is 2.79. The molecule has 1 aromatic carbocycles. The van der Waals surface area contributed by atoms with Crippen molar-refractivity contribution in [3.63, 3.8) is 0 Å². The van der Waals surface area contributed by atoms with Crippen LogP contribution in [0.15, 0.2) is 29.2 Å². The molecule has 6 heteroatoms. The van der Waals surface area contributed by atoms with Gasteiger partial charge in [0.15, 0.2) is 0 Å². The summed E-state index contributed by atoms with van der Waals surface area (Å²) in [6.07, 6.45) is 3.32. The summed E-state index contributed by atoms with van der Waals surface area (Å²) in [4.78, 5) is 11.9. The van der Waals surface area contributed by atoms with Gasteiger partial charge < -0.3 is 5.32 Å². The average Bonchev–Trinajstić information content (AvgIpc) is 3.16. The number of carbonyl (C=O) groups excluding carboxylic acids is 1. The molecule has 2 rings (SSSR count). The van der Waals surface area contributed by atoms with E-state index >= 15 is 0 Å². The summed E-state index contributed by atoms with van der Waals surface area (Å²) in [6, 6.07) is 5.75. The molecular weight excluding hydrogens is 286 g/mol. The number of hydrogen-bond acceptors (Lipinski definition) is 3. The standard InChI is InChI=1S/C13H16ClNO3S/c1-2-13(6-7-13)9-15-12(16)10-4-3-5-11(8-10)19(14,17)18/h3-5,8H,2,6-7,9H2,1H3,(H,15,16). The third-order valence-corrected chi connectivity index (χ3v) is 5.06. The molecule has 19 heavy (non-hydrogen) atoms. The van der Waals surface area contributed by atoms with Crippen LogP contribution >= 0.6 is 10.7 Å². The zero-order valence-electron chi connectivity index (χ0n) is 10.6. The van der Waals surface area contributed by atoms with Crippen LogP contribution in [-0.4, -0.2) is 20.9 Å². The van der Waals surface area contributed by atoms with Gasteiger partial charge in [0.25, 0.3) is 15.0 Å². The molecule has 4 nitrogen and oxygen atoms in total. The van der Waals surface area contributed by atoms with Crippen molar-refractivity contribution < 1.29 is 13.2 Å². The Morgan fingerprint density at radius 1 is 1.42 bits per heavy atom. The summed E-state index contributed by atoms with van der Waals surface area (Å²) < 4.78 is 22.4. The number of benzene rings is 1. The van der Waals surface area contributed by atoms with Crippen molar-refractivity contribution in [2.75, 3.05) is 6.54 Å². The van der Waals surface area contributed by atoms with Gasteiger partial charge in [-0.2, -0.15) is 0 Å². The summed E-state index contributed by atoms with van der Waals surface area (Å²) in [6.45, 7) is 2.75. The Morgan fingerprint density at radius 3 is 2.63 bits per heavy atom. The summed E-state index contributed by atoms with van der Waals surface area (Å²) >= 11 is 0. The minimum absolute atomic E-state index is 0.0570. The van der Waals surface area contributed by atoms with Crippen LogP contribution in [0.1, 0.15) is 36.5 Å². The molecule has 1 aliphatic carbocycles. The maximum absolute atomic E-state index is 12.0.